The molecule has 0 bridgehead atoms. The van der Waals surface area contributed by atoms with Gasteiger partial charge in [-0.3, -0.25) is 4.79 Å². The number of ether oxygens (including phenoxy) is 4. The van der Waals surface area contributed by atoms with Gasteiger partial charge in [-0.25, -0.2) is 4.79 Å². The molecule has 156 valence electrons. The summed E-state index contributed by atoms with van der Waals surface area (Å²) in [7, 11) is 0. The number of hydrogen-bond donors (Lipinski definition) is 1. The Bertz CT molecular complexity index is 517. The van der Waals surface area contributed by atoms with Crippen molar-refractivity contribution in [2.75, 3.05) is 19.8 Å². The maximum Gasteiger partial charge on any atom is 0.509 e. The minimum Gasteiger partial charge on any atom is -0.463 e. The predicted molar refractivity (Wildman–Crippen MR) is 100 cm³/mol. The van der Waals surface area contributed by atoms with Crippen LogP contribution in [0.1, 0.15) is 47.5 Å². The molecule has 8 nitrogen and oxygen atoms in total. The zero-order valence-electron chi connectivity index (χ0n) is 16.6. The fourth-order valence-corrected chi connectivity index (χ4v) is 2.63. The molecule has 0 saturated carbocycles. The Hall–Kier alpha value is -1.29. The molecule has 27 heavy (non-hydrogen) atoms. The van der Waals surface area contributed by atoms with Gasteiger partial charge in [-0.15, -0.1) is 0 Å². The van der Waals surface area contributed by atoms with Gasteiger partial charge in [0.25, 0.3) is 0 Å². The van der Waals surface area contributed by atoms with Crippen LogP contribution in [0.4, 0.5) is 4.79 Å². The number of hydrogen-bond acceptors (Lipinski definition) is 9. The molecule has 1 rings (SSSR count). The molecule has 0 aromatic rings. The van der Waals surface area contributed by atoms with Gasteiger partial charge in [0, 0.05) is 19.0 Å². The number of cyclic esters (lactones) is 2. The quantitative estimate of drug-likeness (QED) is 0.298. The number of aliphatic hydroxyl groups is 1. The zero-order chi connectivity index (χ0) is 20.5. The van der Waals surface area contributed by atoms with Crippen molar-refractivity contribution in [3.63, 3.8) is 0 Å². The Kier molecular flexibility index (Phi) is 9.58. The lowest BCUT2D eigenvalue weighted by Gasteiger charge is -2.26. The number of carbonyl (C=O) groups is 2. The molecular formula is C18H30O8S. The van der Waals surface area contributed by atoms with Gasteiger partial charge in [0.1, 0.15) is 19.3 Å². The summed E-state index contributed by atoms with van der Waals surface area (Å²) in [4.78, 5) is 21.6. The highest BCUT2D eigenvalue weighted by Crippen LogP contribution is 2.28. The lowest BCUT2D eigenvalue weighted by Crippen LogP contribution is -2.31. The molecule has 1 heterocycles. The highest BCUT2D eigenvalue weighted by Gasteiger charge is 2.29. The van der Waals surface area contributed by atoms with Crippen molar-refractivity contribution in [1.29, 1.82) is 0 Å². The third-order valence-corrected chi connectivity index (χ3v) is 4.47. The summed E-state index contributed by atoms with van der Waals surface area (Å²) in [5.74, 6) is -0.433. The first kappa shape index (κ1) is 23.7. The summed E-state index contributed by atoms with van der Waals surface area (Å²) in [5.41, 5.74) is -1.35. The summed E-state index contributed by atoms with van der Waals surface area (Å²) < 4.78 is 25.7. The zero-order valence-corrected chi connectivity index (χ0v) is 17.4. The standard InChI is InChI=1S/C18H30O8S/c1-13(19)22-10-14(20)11-24-17(2,3)8-6-7-9-18(4,5)26-27-15-12-23-16(21)25-15/h6-7,14-15,20H,8-12H2,1-5H3/b7-6+. The number of rotatable bonds is 12. The maximum atomic E-state index is 10.9. The van der Waals surface area contributed by atoms with Gasteiger partial charge >= 0.3 is 12.1 Å². The van der Waals surface area contributed by atoms with Crippen LogP contribution in [0.5, 0.6) is 0 Å². The van der Waals surface area contributed by atoms with Crippen LogP contribution in [0, 0.1) is 0 Å². The van der Waals surface area contributed by atoms with Gasteiger partial charge < -0.3 is 28.2 Å². The van der Waals surface area contributed by atoms with E-state index in [1.807, 2.05) is 39.8 Å². The summed E-state index contributed by atoms with van der Waals surface area (Å²) in [6, 6.07) is 0. The van der Waals surface area contributed by atoms with Crippen LogP contribution < -0.4 is 0 Å². The van der Waals surface area contributed by atoms with Crippen molar-refractivity contribution in [1.82, 2.24) is 0 Å². The van der Waals surface area contributed by atoms with Crippen LogP contribution in [0.2, 0.25) is 0 Å². The van der Waals surface area contributed by atoms with E-state index in [0.717, 1.165) is 12.0 Å². The SMILES string of the molecule is CC(=O)OCC(O)COC(C)(C)C/C=C/CC(C)(C)OSC1COC(=O)O1. The van der Waals surface area contributed by atoms with Crippen LogP contribution >= 0.6 is 12.0 Å². The lowest BCUT2D eigenvalue weighted by atomic mass is 10.0. The van der Waals surface area contributed by atoms with Gasteiger partial charge in [0.05, 0.1) is 17.8 Å². The first-order valence-electron chi connectivity index (χ1n) is 8.77. The second kappa shape index (κ2) is 10.9. The molecule has 0 aromatic heterocycles. The minimum atomic E-state index is -0.852. The molecule has 2 unspecified atom stereocenters. The van der Waals surface area contributed by atoms with Crippen LogP contribution in [0.3, 0.4) is 0 Å². The summed E-state index contributed by atoms with van der Waals surface area (Å²) in [6.07, 6.45) is 3.77. The van der Waals surface area contributed by atoms with Crippen LogP contribution in [-0.2, 0) is 27.9 Å². The maximum absolute atomic E-state index is 10.9. The summed E-state index contributed by atoms with van der Waals surface area (Å²) in [5, 5.41) is 9.73. The first-order valence-corrected chi connectivity index (χ1v) is 9.58. The highest BCUT2D eigenvalue weighted by molar-refractivity contribution is 7.95. The Morgan fingerprint density at radius 1 is 1.26 bits per heavy atom. The molecule has 1 N–H and O–H groups in total. The van der Waals surface area contributed by atoms with Crippen molar-refractivity contribution >= 4 is 24.2 Å². The molecular weight excluding hydrogens is 376 g/mol. The monoisotopic (exact) mass is 406 g/mol. The fourth-order valence-electron chi connectivity index (χ4n) is 1.95. The topological polar surface area (TPSA) is 101 Å². The van der Waals surface area contributed by atoms with Crippen molar-refractivity contribution in [2.24, 2.45) is 0 Å². The summed E-state index contributed by atoms with van der Waals surface area (Å²) in [6.45, 7) is 9.20. The molecule has 1 aliphatic rings. The molecule has 1 aliphatic heterocycles. The third kappa shape index (κ3) is 11.2. The van der Waals surface area contributed by atoms with Crippen molar-refractivity contribution in [3.05, 3.63) is 12.2 Å². The van der Waals surface area contributed by atoms with Gasteiger partial charge in [0.15, 0.2) is 0 Å². The Balaban J connectivity index is 2.25. The highest BCUT2D eigenvalue weighted by atomic mass is 32.2. The van der Waals surface area contributed by atoms with Crippen LogP contribution in [-0.4, -0.2) is 59.8 Å². The number of carbonyl (C=O) groups excluding carboxylic acids is 2. The number of esters is 1. The van der Waals surface area contributed by atoms with Crippen LogP contribution in [0.15, 0.2) is 12.2 Å². The van der Waals surface area contributed by atoms with Gasteiger partial charge in [-0.05, 0) is 40.5 Å². The summed E-state index contributed by atoms with van der Waals surface area (Å²) >= 11 is 1.09. The van der Waals surface area contributed by atoms with Crippen molar-refractivity contribution < 1.29 is 37.8 Å². The smallest absolute Gasteiger partial charge is 0.463 e. The van der Waals surface area contributed by atoms with Gasteiger partial charge in [0.2, 0.25) is 5.44 Å². The van der Waals surface area contributed by atoms with E-state index < -0.39 is 34.9 Å². The third-order valence-electron chi connectivity index (χ3n) is 3.48. The van der Waals surface area contributed by atoms with E-state index in [-0.39, 0.29) is 19.8 Å². The van der Waals surface area contributed by atoms with E-state index in [9.17, 15) is 14.7 Å². The van der Waals surface area contributed by atoms with E-state index in [2.05, 4.69) is 0 Å². The molecule has 1 fully saturated rings. The molecule has 0 radical (unpaired) electrons. The van der Waals surface area contributed by atoms with Gasteiger partial charge in [-0.1, -0.05) is 12.2 Å². The number of aliphatic hydroxyl groups excluding tert-OH is 1. The van der Waals surface area contributed by atoms with E-state index in [4.69, 9.17) is 23.1 Å². The molecule has 1 saturated heterocycles. The fraction of sp³-hybridized carbons (Fsp3) is 0.778. The van der Waals surface area contributed by atoms with E-state index >= 15 is 0 Å². The minimum absolute atomic E-state index is 0.0776. The van der Waals surface area contributed by atoms with E-state index in [1.165, 1.54) is 6.92 Å². The van der Waals surface area contributed by atoms with E-state index in [0.29, 0.717) is 12.8 Å². The average molecular weight is 406 g/mol. The van der Waals surface area contributed by atoms with E-state index in [1.54, 1.807) is 0 Å². The van der Waals surface area contributed by atoms with Crippen molar-refractivity contribution in [3.8, 4) is 0 Å². The second-order valence-corrected chi connectivity index (χ2v) is 8.34. The second-order valence-electron chi connectivity index (χ2n) is 7.45. The predicted octanol–water partition coefficient (Wildman–Crippen LogP) is 2.98. The lowest BCUT2D eigenvalue weighted by molar-refractivity contribution is -0.146. The Morgan fingerprint density at radius 2 is 1.89 bits per heavy atom. The largest absolute Gasteiger partial charge is 0.509 e. The van der Waals surface area contributed by atoms with Gasteiger partial charge in [-0.2, -0.15) is 0 Å². The molecule has 9 heteroatoms. The van der Waals surface area contributed by atoms with Crippen molar-refractivity contribution in [2.45, 2.75) is 70.2 Å². The first-order chi connectivity index (χ1) is 12.5. The normalized spacial score (nSPS) is 19.0. The molecule has 0 amide bonds. The molecule has 0 aromatic carbocycles. The average Bonchev–Trinajstić information content (AvgIpc) is 2.99. The Morgan fingerprint density at radius 3 is 2.44 bits per heavy atom. The molecule has 2 atom stereocenters. The molecule has 0 spiro atoms. The molecule has 0 aliphatic carbocycles. The van der Waals surface area contributed by atoms with Crippen LogP contribution in [0.25, 0.3) is 0 Å². The Labute approximate surface area is 164 Å².